The third-order valence-corrected chi connectivity index (χ3v) is 5.19. The Hall–Kier alpha value is -2.39. The monoisotopic (exact) mass is 377 g/mol. The summed E-state index contributed by atoms with van der Waals surface area (Å²) in [6.45, 7) is 3.37. The number of rotatable bonds is 10. The van der Waals surface area contributed by atoms with Crippen LogP contribution in [0.1, 0.15) is 56.6 Å². The number of unbranched alkanes of at least 4 members (excludes halogenated alkanes) is 4. The number of nitrogens with zero attached hydrogens (tertiary/aromatic N) is 1. The van der Waals surface area contributed by atoms with Gasteiger partial charge in [-0.2, -0.15) is 0 Å². The molecule has 28 heavy (non-hydrogen) atoms. The lowest BCUT2D eigenvalue weighted by atomic mass is 10.1. The van der Waals surface area contributed by atoms with Gasteiger partial charge in [-0.05, 0) is 24.0 Å². The van der Waals surface area contributed by atoms with Crippen molar-refractivity contribution in [3.63, 3.8) is 0 Å². The molecule has 1 aliphatic rings. The van der Waals surface area contributed by atoms with Crippen LogP contribution in [0.25, 0.3) is 0 Å². The smallest absolute Gasteiger partial charge is 0.230 e. The number of hydrogen-bond acceptors (Lipinski definition) is 2. The molecule has 0 aliphatic carbocycles. The topological polar surface area (TPSA) is 29.5 Å². The largest absolute Gasteiger partial charge is 0.367 e. The molecule has 1 saturated heterocycles. The molecule has 0 spiro atoms. The summed E-state index contributed by atoms with van der Waals surface area (Å²) in [7, 11) is 0. The van der Waals surface area contributed by atoms with Crippen LogP contribution in [0.4, 0.5) is 0 Å². The number of likely N-dealkylation sites (tertiary alicyclic amines) is 1. The van der Waals surface area contributed by atoms with Crippen molar-refractivity contribution in [3.8, 4) is 0 Å². The van der Waals surface area contributed by atoms with Gasteiger partial charge < -0.3 is 9.64 Å². The van der Waals surface area contributed by atoms with E-state index >= 15 is 0 Å². The highest BCUT2D eigenvalue weighted by Crippen LogP contribution is 2.29. The van der Waals surface area contributed by atoms with E-state index in [1.165, 1.54) is 19.3 Å². The van der Waals surface area contributed by atoms with Crippen molar-refractivity contribution in [2.24, 2.45) is 0 Å². The molecule has 0 unspecified atom stereocenters. The highest BCUT2D eigenvalue weighted by atomic mass is 16.5. The molecule has 3 heteroatoms. The number of amides is 1. The fraction of sp³-hybridized carbons (Fsp3) is 0.400. The van der Waals surface area contributed by atoms with Crippen LogP contribution in [0, 0.1) is 0 Å². The van der Waals surface area contributed by atoms with E-state index in [1.54, 1.807) is 0 Å². The molecule has 0 bridgehead atoms. The molecule has 1 heterocycles. The molecule has 2 aromatic rings. The number of carbonyl (C=O) groups excluding carboxylic acids is 1. The van der Waals surface area contributed by atoms with E-state index in [-0.39, 0.29) is 12.0 Å². The minimum absolute atomic E-state index is 0.150. The Balaban J connectivity index is 1.69. The van der Waals surface area contributed by atoms with Crippen molar-refractivity contribution in [3.05, 3.63) is 83.6 Å². The maximum Gasteiger partial charge on any atom is 0.230 e. The van der Waals surface area contributed by atoms with E-state index in [2.05, 4.69) is 37.3 Å². The molecule has 2 aromatic carbocycles. The highest BCUT2D eigenvalue weighted by Gasteiger charge is 2.35. The molecule has 148 valence electrons. The van der Waals surface area contributed by atoms with Gasteiger partial charge in [-0.1, -0.05) is 92.9 Å². The van der Waals surface area contributed by atoms with E-state index in [0.717, 1.165) is 29.7 Å². The minimum atomic E-state index is -0.150. The van der Waals surface area contributed by atoms with Gasteiger partial charge in [0.25, 0.3) is 0 Å². The van der Waals surface area contributed by atoms with Gasteiger partial charge in [0, 0.05) is 5.70 Å². The van der Waals surface area contributed by atoms with Crippen LogP contribution >= 0.6 is 0 Å². The zero-order valence-corrected chi connectivity index (χ0v) is 16.8. The molecular formula is C25H31NO2. The second-order valence-electron chi connectivity index (χ2n) is 7.43. The highest BCUT2D eigenvalue weighted by molar-refractivity contribution is 5.82. The Labute approximate surface area is 169 Å². The summed E-state index contributed by atoms with van der Waals surface area (Å²) in [5, 5.41) is 0. The number of ether oxygens (including phenoxy) is 1. The Morgan fingerprint density at radius 2 is 1.64 bits per heavy atom. The minimum Gasteiger partial charge on any atom is -0.367 e. The van der Waals surface area contributed by atoms with E-state index in [1.807, 2.05) is 41.3 Å². The van der Waals surface area contributed by atoms with Gasteiger partial charge in [-0.25, -0.2) is 0 Å². The van der Waals surface area contributed by atoms with Crippen molar-refractivity contribution in [1.29, 1.82) is 0 Å². The van der Waals surface area contributed by atoms with Crippen molar-refractivity contribution in [2.75, 3.05) is 0 Å². The van der Waals surface area contributed by atoms with Crippen LogP contribution in [0.15, 0.2) is 72.4 Å². The lowest BCUT2D eigenvalue weighted by molar-refractivity contribution is -0.127. The Morgan fingerprint density at radius 3 is 2.32 bits per heavy atom. The molecule has 0 saturated carbocycles. The molecule has 1 aliphatic heterocycles. The second-order valence-corrected chi connectivity index (χ2v) is 7.43. The van der Waals surface area contributed by atoms with Crippen LogP contribution < -0.4 is 0 Å². The summed E-state index contributed by atoms with van der Waals surface area (Å²) in [4.78, 5) is 14.7. The predicted molar refractivity (Wildman–Crippen MR) is 113 cm³/mol. The summed E-state index contributed by atoms with van der Waals surface area (Å²) >= 11 is 0. The summed E-state index contributed by atoms with van der Waals surface area (Å²) in [6.07, 6.45) is 8.42. The maximum atomic E-state index is 12.8. The van der Waals surface area contributed by atoms with Crippen molar-refractivity contribution in [1.82, 2.24) is 4.90 Å². The Bertz CT molecular complexity index is 755. The Kier molecular flexibility index (Phi) is 7.86. The normalized spacial score (nSPS) is 18.2. The Morgan fingerprint density at radius 1 is 0.964 bits per heavy atom. The van der Waals surface area contributed by atoms with Crippen molar-refractivity contribution in [2.45, 2.75) is 64.7 Å². The average molecular weight is 378 g/mol. The van der Waals surface area contributed by atoms with Crippen LogP contribution in [0.3, 0.4) is 0 Å². The lowest BCUT2D eigenvalue weighted by Crippen LogP contribution is -2.24. The van der Waals surface area contributed by atoms with E-state index in [4.69, 9.17) is 4.74 Å². The first-order chi connectivity index (χ1) is 13.8. The van der Waals surface area contributed by atoms with Gasteiger partial charge in [0.1, 0.15) is 6.10 Å². The summed E-state index contributed by atoms with van der Waals surface area (Å²) in [5.41, 5.74) is 3.33. The van der Waals surface area contributed by atoms with E-state index in [9.17, 15) is 4.79 Å². The zero-order chi connectivity index (χ0) is 19.6. The number of allylic oxidation sites excluding steroid dienone is 1. The van der Waals surface area contributed by atoms with E-state index in [0.29, 0.717) is 19.6 Å². The molecule has 1 atom stereocenters. The van der Waals surface area contributed by atoms with Gasteiger partial charge >= 0.3 is 0 Å². The van der Waals surface area contributed by atoms with Gasteiger partial charge in [-0.15, -0.1) is 0 Å². The first-order valence-electron chi connectivity index (χ1n) is 10.5. The first kappa shape index (κ1) is 20.3. The van der Waals surface area contributed by atoms with Gasteiger partial charge in [-0.3, -0.25) is 4.79 Å². The number of carbonyl (C=O) groups is 1. The molecular weight excluding hydrogens is 346 g/mol. The molecule has 1 amide bonds. The van der Waals surface area contributed by atoms with Gasteiger partial charge in [0.2, 0.25) is 5.91 Å². The quantitative estimate of drug-likeness (QED) is 0.485. The molecule has 3 nitrogen and oxygen atoms in total. The second kappa shape index (κ2) is 10.8. The SMILES string of the molecule is CCCCCC/C=C1\[C@@H](OCc2ccccc2)CC(=O)N1Cc1ccccc1. The third kappa shape index (κ3) is 5.80. The summed E-state index contributed by atoms with van der Waals surface area (Å²) < 4.78 is 6.19. The van der Waals surface area contributed by atoms with Crippen molar-refractivity contribution >= 4 is 5.91 Å². The lowest BCUT2D eigenvalue weighted by Gasteiger charge is -2.21. The first-order valence-corrected chi connectivity index (χ1v) is 10.5. The van der Waals surface area contributed by atoms with Crippen LogP contribution in [0.2, 0.25) is 0 Å². The molecule has 3 rings (SSSR count). The number of benzene rings is 2. The molecule has 1 fully saturated rings. The van der Waals surface area contributed by atoms with Crippen molar-refractivity contribution < 1.29 is 9.53 Å². The van der Waals surface area contributed by atoms with Gasteiger partial charge in [0.15, 0.2) is 0 Å². The maximum absolute atomic E-state index is 12.8. The van der Waals surface area contributed by atoms with Crippen LogP contribution in [0.5, 0.6) is 0 Å². The standard InChI is InChI=1S/C25H31NO2/c1-2-3-4-5-12-17-23-24(28-20-22-15-10-7-11-16-22)18-25(27)26(23)19-21-13-8-6-9-14-21/h6-11,13-17,24H,2-5,12,18-20H2,1H3/b23-17+/t24-/m0/s1. The van der Waals surface area contributed by atoms with Gasteiger partial charge in [0.05, 0.1) is 19.6 Å². The zero-order valence-electron chi connectivity index (χ0n) is 16.8. The fourth-order valence-corrected chi connectivity index (χ4v) is 3.61. The van der Waals surface area contributed by atoms with E-state index < -0.39 is 0 Å². The van der Waals surface area contributed by atoms with Crippen LogP contribution in [-0.2, 0) is 22.7 Å². The molecule has 0 radical (unpaired) electrons. The summed E-state index contributed by atoms with van der Waals surface area (Å²) in [5.74, 6) is 0.154. The fourth-order valence-electron chi connectivity index (χ4n) is 3.61. The molecule has 0 N–H and O–H groups in total. The third-order valence-electron chi connectivity index (χ3n) is 5.19. The number of hydrogen-bond donors (Lipinski definition) is 0. The molecule has 0 aromatic heterocycles. The predicted octanol–water partition coefficient (Wildman–Crippen LogP) is 5.86. The van der Waals surface area contributed by atoms with Crippen LogP contribution in [-0.4, -0.2) is 16.9 Å². The summed E-state index contributed by atoms with van der Waals surface area (Å²) in [6, 6.07) is 20.4. The average Bonchev–Trinajstić information content (AvgIpc) is 3.02.